The van der Waals surface area contributed by atoms with E-state index in [-0.39, 0.29) is 27.3 Å². The van der Waals surface area contributed by atoms with Gasteiger partial charge >= 0.3 is 0 Å². The lowest BCUT2D eigenvalue weighted by Gasteiger charge is -2.12. The van der Waals surface area contributed by atoms with E-state index in [1.54, 1.807) is 0 Å². The average molecular weight is 357 g/mol. The molecule has 0 bridgehead atoms. The lowest BCUT2D eigenvalue weighted by molar-refractivity contribution is 0.397. The molecule has 1 radical (unpaired) electrons. The molecule has 7 nitrogen and oxygen atoms in total. The molecule has 0 spiro atoms. The maximum atomic E-state index is 11.6. The van der Waals surface area contributed by atoms with Crippen LogP contribution in [0.2, 0.25) is 0 Å². The first-order valence-electron chi connectivity index (χ1n) is 6.20. The van der Waals surface area contributed by atoms with Crippen LogP contribution in [0.5, 0.6) is 5.75 Å². The predicted octanol–water partition coefficient (Wildman–Crippen LogP) is 1.96. The number of ether oxygens (including phenoxy) is 1. The third-order valence-electron chi connectivity index (χ3n) is 3.13. The maximum Gasteiger partial charge on any atom is 0.298 e. The lowest BCUT2D eigenvalue weighted by Crippen LogP contribution is -2.05. The van der Waals surface area contributed by atoms with Crippen molar-refractivity contribution in [3.8, 4) is 16.9 Å². The fourth-order valence-corrected chi connectivity index (χ4v) is 3.76. The summed E-state index contributed by atoms with van der Waals surface area (Å²) in [6.45, 7) is 1.48. The SMILES string of the molecule is COc1ccc(-c2[c]ccc(C)c2S(=O)(=O)O)cc1S(=O)(=O)O. The summed E-state index contributed by atoms with van der Waals surface area (Å²) < 4.78 is 69.6. The number of hydrogen-bond donors (Lipinski definition) is 2. The van der Waals surface area contributed by atoms with Crippen LogP contribution in [0.3, 0.4) is 0 Å². The molecule has 0 unspecified atom stereocenters. The number of benzene rings is 2. The highest BCUT2D eigenvalue weighted by molar-refractivity contribution is 7.86. The van der Waals surface area contributed by atoms with Gasteiger partial charge in [-0.05, 0) is 36.2 Å². The topological polar surface area (TPSA) is 118 Å². The Balaban J connectivity index is 2.83. The van der Waals surface area contributed by atoms with Crippen LogP contribution in [-0.4, -0.2) is 33.1 Å². The van der Waals surface area contributed by atoms with Crippen LogP contribution in [0.4, 0.5) is 0 Å². The van der Waals surface area contributed by atoms with E-state index in [2.05, 4.69) is 6.07 Å². The van der Waals surface area contributed by atoms with Crippen LogP contribution >= 0.6 is 0 Å². The molecule has 0 saturated heterocycles. The molecule has 2 N–H and O–H groups in total. The molecule has 0 amide bonds. The summed E-state index contributed by atoms with van der Waals surface area (Å²) in [5, 5.41) is 0. The van der Waals surface area contributed by atoms with Gasteiger partial charge in [0.15, 0.2) is 0 Å². The molecule has 0 aliphatic carbocycles. The zero-order valence-corrected chi connectivity index (χ0v) is 13.8. The second-order valence-electron chi connectivity index (χ2n) is 4.68. The fourth-order valence-electron chi connectivity index (χ4n) is 2.17. The van der Waals surface area contributed by atoms with Crippen molar-refractivity contribution in [1.29, 1.82) is 0 Å². The van der Waals surface area contributed by atoms with Crippen LogP contribution in [0, 0.1) is 13.0 Å². The first-order chi connectivity index (χ1) is 10.6. The minimum atomic E-state index is -4.59. The van der Waals surface area contributed by atoms with Crippen LogP contribution < -0.4 is 4.74 Å². The minimum absolute atomic E-state index is 0.0138. The Bertz CT molecular complexity index is 961. The number of rotatable bonds is 4. The third kappa shape index (κ3) is 3.53. The first-order valence-corrected chi connectivity index (χ1v) is 9.08. The summed E-state index contributed by atoms with van der Waals surface area (Å²) in [4.78, 5) is -0.903. The molecular weight excluding hydrogens is 344 g/mol. The molecule has 2 rings (SSSR count). The van der Waals surface area contributed by atoms with Crippen molar-refractivity contribution >= 4 is 20.2 Å². The molecule has 0 saturated carbocycles. The van der Waals surface area contributed by atoms with E-state index in [9.17, 15) is 25.9 Å². The van der Waals surface area contributed by atoms with Crippen molar-refractivity contribution < 1.29 is 30.7 Å². The van der Waals surface area contributed by atoms with Crippen molar-refractivity contribution in [1.82, 2.24) is 0 Å². The fraction of sp³-hybridized carbons (Fsp3) is 0.143. The Kier molecular flexibility index (Phi) is 4.49. The summed E-state index contributed by atoms with van der Waals surface area (Å²) in [6, 6.07) is 9.26. The number of aryl methyl sites for hydroxylation is 1. The van der Waals surface area contributed by atoms with Gasteiger partial charge in [-0.25, -0.2) is 0 Å². The smallest absolute Gasteiger partial charge is 0.298 e. The zero-order valence-electron chi connectivity index (χ0n) is 12.1. The highest BCUT2D eigenvalue weighted by Gasteiger charge is 2.22. The highest BCUT2D eigenvalue weighted by Crippen LogP contribution is 2.34. The molecule has 0 aliphatic heterocycles. The summed E-state index contributed by atoms with van der Waals surface area (Å²) in [5.41, 5.74) is 0.389. The van der Waals surface area contributed by atoms with Gasteiger partial charge in [-0.3, -0.25) is 9.11 Å². The average Bonchev–Trinajstić information content (AvgIpc) is 2.44. The van der Waals surface area contributed by atoms with E-state index in [0.29, 0.717) is 0 Å². The van der Waals surface area contributed by atoms with Gasteiger partial charge in [0.25, 0.3) is 20.2 Å². The molecule has 0 atom stereocenters. The van der Waals surface area contributed by atoms with E-state index in [1.165, 1.54) is 38.3 Å². The van der Waals surface area contributed by atoms with Gasteiger partial charge in [0, 0.05) is 5.56 Å². The van der Waals surface area contributed by atoms with E-state index in [1.807, 2.05) is 0 Å². The number of methoxy groups -OCH3 is 1. The number of hydrogen-bond acceptors (Lipinski definition) is 5. The van der Waals surface area contributed by atoms with Crippen molar-refractivity contribution in [3.63, 3.8) is 0 Å². The van der Waals surface area contributed by atoms with E-state index in [4.69, 9.17) is 4.74 Å². The van der Waals surface area contributed by atoms with Gasteiger partial charge in [0.05, 0.1) is 7.11 Å². The quantitative estimate of drug-likeness (QED) is 0.803. The molecule has 123 valence electrons. The van der Waals surface area contributed by atoms with Gasteiger partial charge in [-0.15, -0.1) is 0 Å². The summed E-state index contributed by atoms with van der Waals surface area (Å²) in [5.74, 6) is -0.0997. The Hall–Kier alpha value is -1.94. The second-order valence-corrected chi connectivity index (χ2v) is 7.43. The molecule has 0 heterocycles. The molecule has 9 heteroatoms. The van der Waals surface area contributed by atoms with Crippen LogP contribution in [-0.2, 0) is 20.2 Å². The summed E-state index contributed by atoms with van der Waals surface area (Å²) >= 11 is 0. The second kappa shape index (κ2) is 5.93. The Morgan fingerprint density at radius 2 is 1.70 bits per heavy atom. The third-order valence-corrected chi connectivity index (χ3v) is 5.05. The van der Waals surface area contributed by atoms with Crippen LogP contribution in [0.1, 0.15) is 5.56 Å². The van der Waals surface area contributed by atoms with Crippen molar-refractivity contribution in [3.05, 3.63) is 42.0 Å². The molecule has 0 aliphatic rings. The van der Waals surface area contributed by atoms with Gasteiger partial charge < -0.3 is 4.74 Å². The Labute approximate surface area is 134 Å². The highest BCUT2D eigenvalue weighted by atomic mass is 32.2. The molecule has 0 aromatic heterocycles. The monoisotopic (exact) mass is 357 g/mol. The Morgan fingerprint density at radius 1 is 1.04 bits per heavy atom. The van der Waals surface area contributed by atoms with Gasteiger partial charge in [-0.1, -0.05) is 18.2 Å². The van der Waals surface area contributed by atoms with Crippen molar-refractivity contribution in [2.24, 2.45) is 0 Å². The zero-order chi connectivity index (χ0) is 17.4. The normalized spacial score (nSPS) is 12.2. The van der Waals surface area contributed by atoms with Gasteiger partial charge in [0.2, 0.25) is 0 Å². The maximum absolute atomic E-state index is 11.6. The first kappa shape index (κ1) is 17.4. The largest absolute Gasteiger partial charge is 0.495 e. The van der Waals surface area contributed by atoms with E-state index >= 15 is 0 Å². The Morgan fingerprint density at radius 3 is 2.22 bits per heavy atom. The molecule has 0 fully saturated rings. The van der Waals surface area contributed by atoms with Crippen LogP contribution in [0.15, 0.2) is 40.1 Å². The molecule has 23 heavy (non-hydrogen) atoms. The summed E-state index contributed by atoms with van der Waals surface area (Å²) in [7, 11) is -7.91. The van der Waals surface area contributed by atoms with Gasteiger partial charge in [-0.2, -0.15) is 16.8 Å². The summed E-state index contributed by atoms with van der Waals surface area (Å²) in [6.07, 6.45) is 0. The van der Waals surface area contributed by atoms with E-state index < -0.39 is 25.1 Å². The molecule has 2 aromatic rings. The van der Waals surface area contributed by atoms with Crippen molar-refractivity contribution in [2.45, 2.75) is 16.7 Å². The van der Waals surface area contributed by atoms with Gasteiger partial charge in [0.1, 0.15) is 15.5 Å². The van der Waals surface area contributed by atoms with Crippen LogP contribution in [0.25, 0.3) is 11.1 Å². The minimum Gasteiger partial charge on any atom is -0.495 e. The van der Waals surface area contributed by atoms with Crippen molar-refractivity contribution in [2.75, 3.05) is 7.11 Å². The molecule has 2 aromatic carbocycles. The standard InChI is InChI=1S/C14H13O7S2/c1-9-4-3-5-11(14(9)23(18,19)20)10-6-7-12(21-2)13(8-10)22(15,16)17/h3-4,6-8H,1-2H3,(H,15,16,17)(H,18,19,20). The predicted molar refractivity (Wildman–Crippen MR) is 81.6 cm³/mol. The lowest BCUT2D eigenvalue weighted by atomic mass is 10.0. The van der Waals surface area contributed by atoms with E-state index in [0.717, 1.165) is 6.07 Å². The molecular formula is C14H13O7S2.